The number of nitrogens with zero attached hydrogens (tertiary/aromatic N) is 2. The van der Waals surface area contributed by atoms with Crippen LogP contribution in [0.15, 0.2) is 4.52 Å². The van der Waals surface area contributed by atoms with Crippen LogP contribution in [-0.4, -0.2) is 41.6 Å². The van der Waals surface area contributed by atoms with Crippen molar-refractivity contribution in [3.05, 3.63) is 17.0 Å². The molecule has 2 unspecified atom stereocenters. The van der Waals surface area contributed by atoms with Gasteiger partial charge in [0.25, 0.3) is 0 Å². The maximum absolute atomic E-state index is 12.5. The Kier molecular flexibility index (Phi) is 3.71. The minimum absolute atomic E-state index is 0.165. The fourth-order valence-electron chi connectivity index (χ4n) is 2.65. The SMILES string of the molecule is Cc1noc(C)c1C(C)C(=O)N1CCNCC1C. The molecule has 100 valence electrons. The van der Waals surface area contributed by atoms with Gasteiger partial charge in [0, 0.05) is 31.2 Å². The number of amides is 1. The predicted molar refractivity (Wildman–Crippen MR) is 68.4 cm³/mol. The molecule has 1 amide bonds. The third kappa shape index (κ3) is 2.27. The Morgan fingerprint density at radius 2 is 2.28 bits per heavy atom. The minimum Gasteiger partial charge on any atom is -0.361 e. The average Bonchev–Trinajstić information content (AvgIpc) is 2.68. The van der Waals surface area contributed by atoms with E-state index in [4.69, 9.17) is 4.52 Å². The van der Waals surface area contributed by atoms with E-state index >= 15 is 0 Å². The Labute approximate surface area is 108 Å². The van der Waals surface area contributed by atoms with Crippen LogP contribution in [0.3, 0.4) is 0 Å². The van der Waals surface area contributed by atoms with E-state index in [1.165, 1.54) is 0 Å². The van der Waals surface area contributed by atoms with Gasteiger partial charge in [-0.15, -0.1) is 0 Å². The lowest BCUT2D eigenvalue weighted by molar-refractivity contribution is -0.135. The van der Waals surface area contributed by atoms with Crippen LogP contribution in [0, 0.1) is 13.8 Å². The highest BCUT2D eigenvalue weighted by atomic mass is 16.5. The van der Waals surface area contributed by atoms with Crippen LogP contribution in [0.2, 0.25) is 0 Å². The number of carbonyl (C=O) groups is 1. The van der Waals surface area contributed by atoms with Crippen molar-refractivity contribution in [3.63, 3.8) is 0 Å². The number of aromatic nitrogens is 1. The van der Waals surface area contributed by atoms with Gasteiger partial charge in [0.05, 0.1) is 11.6 Å². The molecule has 0 saturated carbocycles. The molecule has 1 fully saturated rings. The summed E-state index contributed by atoms with van der Waals surface area (Å²) in [6, 6.07) is 0.245. The van der Waals surface area contributed by atoms with Gasteiger partial charge in [-0.05, 0) is 27.7 Å². The third-order valence-electron chi connectivity index (χ3n) is 3.68. The Balaban J connectivity index is 2.18. The number of carbonyl (C=O) groups excluding carboxylic acids is 1. The Morgan fingerprint density at radius 1 is 1.56 bits per heavy atom. The third-order valence-corrected chi connectivity index (χ3v) is 3.68. The quantitative estimate of drug-likeness (QED) is 0.858. The second-order valence-corrected chi connectivity index (χ2v) is 5.04. The zero-order valence-corrected chi connectivity index (χ0v) is 11.5. The molecule has 1 N–H and O–H groups in total. The normalized spacial score (nSPS) is 22.0. The molecule has 5 heteroatoms. The van der Waals surface area contributed by atoms with Gasteiger partial charge in [-0.2, -0.15) is 0 Å². The summed E-state index contributed by atoms with van der Waals surface area (Å²) >= 11 is 0. The fourth-order valence-corrected chi connectivity index (χ4v) is 2.65. The molecule has 1 aliphatic heterocycles. The van der Waals surface area contributed by atoms with Crippen molar-refractivity contribution in [2.24, 2.45) is 0 Å². The van der Waals surface area contributed by atoms with E-state index in [1.807, 2.05) is 25.7 Å². The predicted octanol–water partition coefficient (Wildman–Crippen LogP) is 1.22. The first kappa shape index (κ1) is 13.1. The molecule has 18 heavy (non-hydrogen) atoms. The molecular weight excluding hydrogens is 230 g/mol. The average molecular weight is 251 g/mol. The topological polar surface area (TPSA) is 58.4 Å². The maximum atomic E-state index is 12.5. The number of hydrogen-bond acceptors (Lipinski definition) is 4. The van der Waals surface area contributed by atoms with Crippen LogP contribution in [0.25, 0.3) is 0 Å². The van der Waals surface area contributed by atoms with E-state index in [-0.39, 0.29) is 17.9 Å². The molecule has 1 saturated heterocycles. The van der Waals surface area contributed by atoms with Gasteiger partial charge < -0.3 is 14.7 Å². The Bertz CT molecular complexity index is 422. The summed E-state index contributed by atoms with van der Waals surface area (Å²) in [6.07, 6.45) is 0. The monoisotopic (exact) mass is 251 g/mol. The van der Waals surface area contributed by atoms with E-state index < -0.39 is 0 Å². The number of hydrogen-bond donors (Lipinski definition) is 1. The lowest BCUT2D eigenvalue weighted by Crippen LogP contribution is -2.53. The lowest BCUT2D eigenvalue weighted by Gasteiger charge is -2.35. The molecule has 1 aromatic rings. The first-order valence-electron chi connectivity index (χ1n) is 6.46. The second-order valence-electron chi connectivity index (χ2n) is 5.04. The molecule has 2 rings (SSSR count). The molecule has 0 spiro atoms. The van der Waals surface area contributed by atoms with Gasteiger partial charge in [-0.3, -0.25) is 4.79 Å². The molecule has 1 aliphatic rings. The van der Waals surface area contributed by atoms with Crippen LogP contribution in [-0.2, 0) is 4.79 Å². The molecule has 0 aliphatic carbocycles. The highest BCUT2D eigenvalue weighted by Crippen LogP contribution is 2.25. The van der Waals surface area contributed by atoms with Crippen LogP contribution >= 0.6 is 0 Å². The maximum Gasteiger partial charge on any atom is 0.230 e. The van der Waals surface area contributed by atoms with E-state index in [0.29, 0.717) is 0 Å². The summed E-state index contributed by atoms with van der Waals surface area (Å²) in [7, 11) is 0. The Hall–Kier alpha value is -1.36. The van der Waals surface area contributed by atoms with Gasteiger partial charge in [0.2, 0.25) is 5.91 Å². The molecule has 0 aromatic carbocycles. The van der Waals surface area contributed by atoms with Crippen LogP contribution in [0.4, 0.5) is 0 Å². The smallest absolute Gasteiger partial charge is 0.230 e. The molecular formula is C13H21N3O2. The minimum atomic E-state index is -0.184. The first-order chi connectivity index (χ1) is 8.52. The van der Waals surface area contributed by atoms with Crippen molar-refractivity contribution >= 4 is 5.91 Å². The standard InChI is InChI=1S/C13H21N3O2/c1-8-7-14-5-6-16(8)13(17)9(2)12-10(3)15-18-11(12)4/h8-9,14H,5-7H2,1-4H3. The van der Waals surface area contributed by atoms with Crippen LogP contribution < -0.4 is 5.32 Å². The lowest BCUT2D eigenvalue weighted by atomic mass is 9.97. The van der Waals surface area contributed by atoms with Gasteiger partial charge in [-0.1, -0.05) is 5.16 Å². The summed E-state index contributed by atoms with van der Waals surface area (Å²) in [5, 5.41) is 7.22. The van der Waals surface area contributed by atoms with Crippen LogP contribution in [0.5, 0.6) is 0 Å². The van der Waals surface area contributed by atoms with E-state index in [1.54, 1.807) is 0 Å². The highest BCUT2D eigenvalue weighted by molar-refractivity contribution is 5.84. The van der Waals surface area contributed by atoms with Crippen molar-refractivity contribution in [2.45, 2.75) is 39.7 Å². The zero-order valence-electron chi connectivity index (χ0n) is 11.5. The molecule has 1 aromatic heterocycles. The van der Waals surface area contributed by atoms with Crippen molar-refractivity contribution in [2.75, 3.05) is 19.6 Å². The van der Waals surface area contributed by atoms with Gasteiger partial charge in [0.1, 0.15) is 5.76 Å². The van der Waals surface area contributed by atoms with Crippen molar-refractivity contribution in [1.82, 2.24) is 15.4 Å². The van der Waals surface area contributed by atoms with Gasteiger partial charge >= 0.3 is 0 Å². The summed E-state index contributed by atoms with van der Waals surface area (Å²) in [5.74, 6) is 0.728. The molecule has 5 nitrogen and oxygen atoms in total. The number of nitrogens with one attached hydrogen (secondary N) is 1. The molecule has 2 atom stereocenters. The van der Waals surface area contributed by atoms with E-state index in [0.717, 1.165) is 36.7 Å². The fraction of sp³-hybridized carbons (Fsp3) is 0.692. The largest absolute Gasteiger partial charge is 0.361 e. The molecule has 0 bridgehead atoms. The molecule has 2 heterocycles. The summed E-state index contributed by atoms with van der Waals surface area (Å²) in [5.41, 5.74) is 1.75. The van der Waals surface area contributed by atoms with Gasteiger partial charge in [0.15, 0.2) is 0 Å². The number of aryl methyl sites for hydroxylation is 2. The second kappa shape index (κ2) is 5.10. The summed E-state index contributed by atoms with van der Waals surface area (Å²) in [6.45, 7) is 10.3. The van der Waals surface area contributed by atoms with Gasteiger partial charge in [-0.25, -0.2) is 0 Å². The first-order valence-corrected chi connectivity index (χ1v) is 6.46. The number of rotatable bonds is 2. The highest BCUT2D eigenvalue weighted by Gasteiger charge is 2.30. The zero-order chi connectivity index (χ0) is 13.3. The van der Waals surface area contributed by atoms with Crippen molar-refractivity contribution in [3.8, 4) is 0 Å². The number of piperazine rings is 1. The summed E-state index contributed by atoms with van der Waals surface area (Å²) < 4.78 is 5.15. The Morgan fingerprint density at radius 3 is 2.83 bits per heavy atom. The van der Waals surface area contributed by atoms with Crippen molar-refractivity contribution < 1.29 is 9.32 Å². The van der Waals surface area contributed by atoms with E-state index in [2.05, 4.69) is 17.4 Å². The summed E-state index contributed by atoms with van der Waals surface area (Å²) in [4.78, 5) is 14.5. The molecule has 0 radical (unpaired) electrons. The van der Waals surface area contributed by atoms with Crippen LogP contribution in [0.1, 0.15) is 36.8 Å². The van der Waals surface area contributed by atoms with E-state index in [9.17, 15) is 4.79 Å². The van der Waals surface area contributed by atoms with Crippen molar-refractivity contribution in [1.29, 1.82) is 0 Å².